The Bertz CT molecular complexity index is 3360. The van der Waals surface area contributed by atoms with Crippen LogP contribution in [0.2, 0.25) is 0 Å². The van der Waals surface area contributed by atoms with Gasteiger partial charge in [0.05, 0.1) is 22.1 Å². The molecule has 0 radical (unpaired) electrons. The van der Waals surface area contributed by atoms with Crippen molar-refractivity contribution in [1.82, 2.24) is 9.13 Å². The van der Waals surface area contributed by atoms with Crippen LogP contribution in [0.15, 0.2) is 211 Å². The molecule has 58 heavy (non-hydrogen) atoms. The number of nitrogens with zero attached hydrogens (tertiary/aromatic N) is 2. The van der Waals surface area contributed by atoms with Crippen molar-refractivity contribution in [1.29, 1.82) is 0 Å². The lowest BCUT2D eigenvalue weighted by Crippen LogP contribution is -2.68. The highest BCUT2D eigenvalue weighted by Crippen LogP contribution is 2.40. The molecule has 1 aliphatic carbocycles. The van der Waals surface area contributed by atoms with Gasteiger partial charge in [0.1, 0.15) is 0 Å². The fraction of sp³-hybridized carbons (Fsp3) is 0.0370. The summed E-state index contributed by atoms with van der Waals surface area (Å²) in [5.41, 5.74) is 7.22. The molecule has 0 saturated heterocycles. The van der Waals surface area contributed by atoms with Crippen molar-refractivity contribution in [2.45, 2.75) is 12.8 Å². The number of fused-ring (bicyclic) bond motifs is 9. The van der Waals surface area contributed by atoms with E-state index in [4.69, 9.17) is 0 Å². The average Bonchev–Trinajstić information content (AvgIpc) is 3.95. The monoisotopic (exact) mass is 774 g/mol. The zero-order chi connectivity index (χ0) is 38.2. The highest BCUT2D eigenvalue weighted by molar-refractivity contribution is 7.27. The Hall–Kier alpha value is -6.72. The van der Waals surface area contributed by atoms with Gasteiger partial charge in [0.25, 0.3) is 0 Å². The zero-order valence-electron chi connectivity index (χ0n) is 31.8. The molecule has 1 aliphatic rings. The Balaban J connectivity index is 1.12. The van der Waals surface area contributed by atoms with Crippen LogP contribution < -0.4 is 15.6 Å². The quantitative estimate of drug-likeness (QED) is 0.118. The van der Waals surface area contributed by atoms with Crippen LogP contribution in [-0.2, 0) is 0 Å². The number of benzene rings is 8. The molecular formula is C54H38N2SSi. The number of thiophene rings is 1. The number of hydrogen-bond acceptors (Lipinski definition) is 1. The van der Waals surface area contributed by atoms with Gasteiger partial charge in [-0.15, -0.1) is 11.3 Å². The summed E-state index contributed by atoms with van der Waals surface area (Å²) in [4.78, 5) is 0. The van der Waals surface area contributed by atoms with Gasteiger partial charge in [0, 0.05) is 53.1 Å². The third-order valence-corrected chi connectivity index (χ3v) is 18.5. The minimum absolute atomic E-state index is 1.07. The van der Waals surface area contributed by atoms with E-state index in [2.05, 4.69) is 215 Å². The van der Waals surface area contributed by atoms with Crippen molar-refractivity contribution in [3.8, 4) is 11.4 Å². The van der Waals surface area contributed by atoms with Crippen LogP contribution in [-0.4, -0.2) is 17.2 Å². The van der Waals surface area contributed by atoms with Crippen molar-refractivity contribution < 1.29 is 0 Å². The molecule has 0 saturated carbocycles. The Morgan fingerprint density at radius 2 is 0.948 bits per heavy atom. The number of hydrogen-bond donors (Lipinski definition) is 0. The smallest absolute Gasteiger partial charge is 0.179 e. The van der Waals surface area contributed by atoms with E-state index < -0.39 is 8.07 Å². The van der Waals surface area contributed by atoms with E-state index in [9.17, 15) is 0 Å². The summed E-state index contributed by atoms with van der Waals surface area (Å²) in [6.07, 6.45) is 9.53. The van der Waals surface area contributed by atoms with Gasteiger partial charge in [-0.3, -0.25) is 0 Å². The Morgan fingerprint density at radius 1 is 0.414 bits per heavy atom. The van der Waals surface area contributed by atoms with Crippen molar-refractivity contribution in [3.05, 3.63) is 211 Å². The zero-order valence-corrected chi connectivity index (χ0v) is 33.7. The molecule has 0 unspecified atom stereocenters. The normalized spacial score (nSPS) is 13.4. The van der Waals surface area contributed by atoms with Gasteiger partial charge in [-0.25, -0.2) is 0 Å². The number of allylic oxidation sites excluding steroid dienone is 4. The molecule has 3 aromatic heterocycles. The van der Waals surface area contributed by atoms with Crippen molar-refractivity contribution in [2.75, 3.05) is 0 Å². The molecule has 0 N–H and O–H groups in total. The number of para-hydroxylation sites is 3. The fourth-order valence-electron chi connectivity index (χ4n) is 10.1. The largest absolute Gasteiger partial charge is 0.309 e. The van der Waals surface area contributed by atoms with Crippen molar-refractivity contribution >= 4 is 98.8 Å². The van der Waals surface area contributed by atoms with E-state index in [-0.39, 0.29) is 0 Å². The van der Waals surface area contributed by atoms with Gasteiger partial charge in [0.2, 0.25) is 0 Å². The highest BCUT2D eigenvalue weighted by atomic mass is 32.1. The topological polar surface area (TPSA) is 9.86 Å². The molecule has 0 bridgehead atoms. The second-order valence-electron chi connectivity index (χ2n) is 15.5. The van der Waals surface area contributed by atoms with Crippen LogP contribution >= 0.6 is 11.3 Å². The molecule has 0 aliphatic heterocycles. The average molecular weight is 775 g/mol. The lowest BCUT2D eigenvalue weighted by Gasteiger charge is -2.36. The second-order valence-corrected chi connectivity index (χ2v) is 20.4. The maximum Gasteiger partial charge on any atom is 0.179 e. The standard InChI is InChI=1S/C54H38N2SSi/c1-4-17-39(18-5-1)58(40-19-6-2-7-20-40,41-21-8-3-9-22-41)53-30-16-29-52-54(53)46-36-38(32-34-51(46)57-52)56-49-28-15-12-25-44(49)45-35-37(31-33-50(45)56)55-47-26-13-10-23-42(47)43-24-11-14-27-48(43)55/h1-2,4-8,10-36H,3,9H2. The molecule has 2 nitrogen and oxygen atoms in total. The molecule has 0 spiro atoms. The Labute approximate surface area is 341 Å². The summed E-state index contributed by atoms with van der Waals surface area (Å²) in [6, 6.07) is 70.5. The van der Waals surface area contributed by atoms with E-state index in [1.807, 2.05) is 11.3 Å². The van der Waals surface area contributed by atoms with Crippen molar-refractivity contribution in [3.63, 3.8) is 0 Å². The maximum absolute atomic E-state index is 2.74. The first kappa shape index (κ1) is 33.4. The minimum atomic E-state index is -2.74. The third kappa shape index (κ3) is 4.83. The van der Waals surface area contributed by atoms with E-state index in [1.165, 1.54) is 95.9 Å². The first-order valence-corrected chi connectivity index (χ1v) is 23.1. The number of aromatic nitrogens is 2. The first-order chi connectivity index (χ1) is 28.8. The predicted molar refractivity (Wildman–Crippen MR) is 252 cm³/mol. The summed E-state index contributed by atoms with van der Waals surface area (Å²) in [5.74, 6) is 0. The minimum Gasteiger partial charge on any atom is -0.309 e. The molecular weight excluding hydrogens is 737 g/mol. The van der Waals surface area contributed by atoms with E-state index in [0.29, 0.717) is 0 Å². The van der Waals surface area contributed by atoms with Gasteiger partial charge in [0.15, 0.2) is 8.07 Å². The van der Waals surface area contributed by atoms with Crippen molar-refractivity contribution in [2.24, 2.45) is 0 Å². The molecule has 0 fully saturated rings. The summed E-state index contributed by atoms with van der Waals surface area (Å²) in [5, 5.41) is 13.5. The van der Waals surface area contributed by atoms with Crippen LogP contribution in [0, 0.1) is 0 Å². The molecule has 3 heterocycles. The van der Waals surface area contributed by atoms with Gasteiger partial charge in [-0.05, 0) is 94.3 Å². The van der Waals surface area contributed by atoms with Crippen LogP contribution in [0.25, 0.3) is 75.2 Å². The molecule has 274 valence electrons. The molecule has 0 atom stereocenters. The highest BCUT2D eigenvalue weighted by Gasteiger charge is 2.44. The Kier molecular flexibility index (Phi) is 7.59. The lowest BCUT2D eigenvalue weighted by atomic mass is 10.1. The van der Waals surface area contributed by atoms with Crippen LogP contribution in [0.4, 0.5) is 0 Å². The van der Waals surface area contributed by atoms with Gasteiger partial charge in [-0.1, -0.05) is 146 Å². The van der Waals surface area contributed by atoms with Crippen LogP contribution in [0.3, 0.4) is 0 Å². The maximum atomic E-state index is 2.54. The van der Waals surface area contributed by atoms with Crippen LogP contribution in [0.5, 0.6) is 0 Å². The SMILES string of the molecule is C1=CC([Si](c2ccccc2)(c2ccccc2)c2cccc3sc4ccc(-n5c6ccccc6c6cc(-n7c8ccccc8c8ccccc87)ccc65)cc4c23)=CCC1. The summed E-state index contributed by atoms with van der Waals surface area (Å²) >= 11 is 1.92. The summed E-state index contributed by atoms with van der Waals surface area (Å²) < 4.78 is 7.57. The van der Waals surface area contributed by atoms with E-state index in [0.717, 1.165) is 12.8 Å². The first-order valence-electron chi connectivity index (χ1n) is 20.3. The van der Waals surface area contributed by atoms with Crippen LogP contribution in [0.1, 0.15) is 12.8 Å². The van der Waals surface area contributed by atoms with E-state index in [1.54, 1.807) is 0 Å². The predicted octanol–water partition coefficient (Wildman–Crippen LogP) is 12.5. The molecule has 0 amide bonds. The fourth-order valence-corrected chi connectivity index (χ4v) is 16.4. The lowest BCUT2D eigenvalue weighted by molar-refractivity contribution is 1.03. The molecule has 12 rings (SSSR count). The summed E-state index contributed by atoms with van der Waals surface area (Å²) in [7, 11) is -2.74. The van der Waals surface area contributed by atoms with E-state index >= 15 is 0 Å². The van der Waals surface area contributed by atoms with Gasteiger partial charge in [-0.2, -0.15) is 0 Å². The number of rotatable bonds is 6. The molecule has 11 aromatic rings. The third-order valence-electron chi connectivity index (χ3n) is 12.5. The summed E-state index contributed by atoms with van der Waals surface area (Å²) in [6.45, 7) is 0. The van der Waals surface area contributed by atoms with Gasteiger partial charge < -0.3 is 9.13 Å². The Morgan fingerprint density at radius 3 is 1.55 bits per heavy atom. The molecule has 4 heteroatoms. The second kappa shape index (κ2) is 13.2. The molecule has 8 aromatic carbocycles. The van der Waals surface area contributed by atoms with Gasteiger partial charge >= 0.3 is 0 Å².